The number of ether oxygens (including phenoxy) is 1. The van der Waals surface area contributed by atoms with Crippen molar-refractivity contribution in [2.45, 2.75) is 25.8 Å². The summed E-state index contributed by atoms with van der Waals surface area (Å²) in [6, 6.07) is 8.10. The topological polar surface area (TPSA) is 60.2 Å². The Morgan fingerprint density at radius 2 is 2.26 bits per heavy atom. The molecule has 1 aromatic heterocycles. The highest BCUT2D eigenvalue weighted by Gasteiger charge is 2.25. The molecule has 3 rings (SSSR count). The van der Waals surface area contributed by atoms with Crippen LogP contribution < -0.4 is 10.1 Å². The molecule has 5 nitrogen and oxygen atoms in total. The van der Waals surface area contributed by atoms with E-state index in [4.69, 9.17) is 9.26 Å². The highest BCUT2D eigenvalue weighted by Crippen LogP contribution is 2.30. The average molecular weight is 259 g/mol. The van der Waals surface area contributed by atoms with Crippen LogP contribution in [0.1, 0.15) is 30.1 Å². The van der Waals surface area contributed by atoms with Crippen LogP contribution in [-0.2, 0) is 13.0 Å². The third kappa shape index (κ3) is 2.61. The Kier molecular flexibility index (Phi) is 3.46. The average Bonchev–Trinajstić information content (AvgIpc) is 2.93. The molecule has 100 valence electrons. The fraction of sp³-hybridized carbons (Fsp3) is 0.429. The first-order valence-electron chi connectivity index (χ1n) is 6.60. The van der Waals surface area contributed by atoms with Gasteiger partial charge in [0.1, 0.15) is 5.75 Å². The van der Waals surface area contributed by atoms with Crippen LogP contribution >= 0.6 is 0 Å². The van der Waals surface area contributed by atoms with Crippen LogP contribution in [-0.4, -0.2) is 23.3 Å². The van der Waals surface area contributed by atoms with Crippen LogP contribution in [0.15, 0.2) is 28.8 Å². The van der Waals surface area contributed by atoms with Crippen molar-refractivity contribution >= 4 is 0 Å². The smallest absolute Gasteiger partial charge is 0.240 e. The second-order valence-corrected chi connectivity index (χ2v) is 4.65. The lowest BCUT2D eigenvalue weighted by molar-refractivity contribution is 0.253. The van der Waals surface area contributed by atoms with Crippen molar-refractivity contribution in [2.24, 2.45) is 0 Å². The van der Waals surface area contributed by atoms with E-state index in [0.29, 0.717) is 19.0 Å². The summed E-state index contributed by atoms with van der Waals surface area (Å²) in [4.78, 5) is 4.42. The molecule has 1 aliphatic rings. The van der Waals surface area contributed by atoms with Crippen LogP contribution in [0.4, 0.5) is 0 Å². The van der Waals surface area contributed by atoms with Gasteiger partial charge >= 0.3 is 0 Å². The number of para-hydroxylation sites is 1. The van der Waals surface area contributed by atoms with E-state index < -0.39 is 0 Å². The number of nitrogens with zero attached hydrogens (tertiary/aromatic N) is 2. The monoisotopic (exact) mass is 259 g/mol. The molecule has 5 heteroatoms. The summed E-state index contributed by atoms with van der Waals surface area (Å²) in [5.74, 6) is 2.52. The maximum absolute atomic E-state index is 5.74. The molecule has 19 heavy (non-hydrogen) atoms. The van der Waals surface area contributed by atoms with Crippen LogP contribution in [0.5, 0.6) is 5.75 Å². The highest BCUT2D eigenvalue weighted by atomic mass is 16.5. The van der Waals surface area contributed by atoms with E-state index in [1.165, 1.54) is 5.56 Å². The zero-order valence-corrected chi connectivity index (χ0v) is 10.9. The van der Waals surface area contributed by atoms with Crippen molar-refractivity contribution in [1.29, 1.82) is 0 Å². The molecule has 2 heterocycles. The molecule has 1 unspecified atom stereocenters. The van der Waals surface area contributed by atoms with Crippen molar-refractivity contribution < 1.29 is 9.26 Å². The molecule has 1 atom stereocenters. The lowest BCUT2D eigenvalue weighted by Crippen LogP contribution is -2.20. The van der Waals surface area contributed by atoms with Gasteiger partial charge in [-0.15, -0.1) is 0 Å². The highest BCUT2D eigenvalue weighted by molar-refractivity contribution is 5.36. The number of nitrogens with one attached hydrogen (secondary N) is 1. The second-order valence-electron chi connectivity index (χ2n) is 4.65. The number of benzene rings is 1. The molecule has 0 bridgehead atoms. The summed E-state index contributed by atoms with van der Waals surface area (Å²) in [5, 5.41) is 7.23. The minimum absolute atomic E-state index is 0.175. The van der Waals surface area contributed by atoms with Crippen LogP contribution in [0.3, 0.4) is 0 Å². The van der Waals surface area contributed by atoms with Crippen molar-refractivity contribution in [3.63, 3.8) is 0 Å². The van der Waals surface area contributed by atoms with Gasteiger partial charge in [0, 0.05) is 0 Å². The minimum Gasteiger partial charge on any atom is -0.493 e. The zero-order valence-electron chi connectivity index (χ0n) is 10.9. The van der Waals surface area contributed by atoms with E-state index in [-0.39, 0.29) is 5.92 Å². The molecule has 1 aromatic carbocycles. The molecule has 1 N–H and O–H groups in total. The maximum Gasteiger partial charge on any atom is 0.240 e. The Morgan fingerprint density at radius 3 is 3.16 bits per heavy atom. The van der Waals surface area contributed by atoms with Gasteiger partial charge in [-0.05, 0) is 24.6 Å². The van der Waals surface area contributed by atoms with Gasteiger partial charge in [0.15, 0.2) is 5.82 Å². The third-order valence-electron chi connectivity index (χ3n) is 3.25. The molecule has 0 spiro atoms. The van der Waals surface area contributed by atoms with Gasteiger partial charge < -0.3 is 14.6 Å². The van der Waals surface area contributed by atoms with Crippen LogP contribution in [0, 0.1) is 0 Å². The molecule has 0 aliphatic carbocycles. The van der Waals surface area contributed by atoms with Gasteiger partial charge in [0.05, 0.1) is 19.1 Å². The van der Waals surface area contributed by atoms with Crippen molar-refractivity contribution in [2.75, 3.05) is 13.2 Å². The summed E-state index contributed by atoms with van der Waals surface area (Å²) in [7, 11) is 0. The second kappa shape index (κ2) is 5.40. The molecule has 0 fully saturated rings. The van der Waals surface area contributed by atoms with Gasteiger partial charge in [0.25, 0.3) is 0 Å². The summed E-state index contributed by atoms with van der Waals surface area (Å²) >= 11 is 0. The van der Waals surface area contributed by atoms with Crippen molar-refractivity contribution in [3.05, 3.63) is 41.5 Å². The van der Waals surface area contributed by atoms with Gasteiger partial charge in [-0.1, -0.05) is 30.3 Å². The SMILES string of the molecule is CCNCc1nc(C2COc3ccccc3C2)no1. The fourth-order valence-corrected chi connectivity index (χ4v) is 2.23. The predicted molar refractivity (Wildman–Crippen MR) is 70.1 cm³/mol. The number of hydrogen-bond acceptors (Lipinski definition) is 5. The normalized spacial score (nSPS) is 17.8. The molecule has 0 saturated heterocycles. The summed E-state index contributed by atoms with van der Waals surface area (Å²) in [6.07, 6.45) is 0.899. The Balaban J connectivity index is 1.72. The zero-order chi connectivity index (χ0) is 13.1. The summed E-state index contributed by atoms with van der Waals surface area (Å²) in [5.41, 5.74) is 1.21. The van der Waals surface area contributed by atoms with E-state index >= 15 is 0 Å². The van der Waals surface area contributed by atoms with E-state index in [1.807, 2.05) is 25.1 Å². The van der Waals surface area contributed by atoms with E-state index in [0.717, 1.165) is 24.5 Å². The van der Waals surface area contributed by atoms with Crippen molar-refractivity contribution in [1.82, 2.24) is 15.5 Å². The van der Waals surface area contributed by atoms with Gasteiger partial charge in [-0.2, -0.15) is 4.98 Å². The molecule has 0 amide bonds. The molecular formula is C14H17N3O2. The lowest BCUT2D eigenvalue weighted by atomic mass is 9.96. The van der Waals surface area contributed by atoms with E-state index in [9.17, 15) is 0 Å². The number of hydrogen-bond donors (Lipinski definition) is 1. The Morgan fingerprint density at radius 1 is 1.37 bits per heavy atom. The number of rotatable bonds is 4. The third-order valence-corrected chi connectivity index (χ3v) is 3.25. The van der Waals surface area contributed by atoms with E-state index in [2.05, 4.69) is 21.5 Å². The molecule has 0 saturated carbocycles. The first-order valence-corrected chi connectivity index (χ1v) is 6.60. The number of fused-ring (bicyclic) bond motifs is 1. The Labute approximate surface area is 112 Å². The van der Waals surface area contributed by atoms with Crippen molar-refractivity contribution in [3.8, 4) is 5.75 Å². The lowest BCUT2D eigenvalue weighted by Gasteiger charge is -2.22. The molecule has 1 aliphatic heterocycles. The fourth-order valence-electron chi connectivity index (χ4n) is 2.23. The first-order chi connectivity index (χ1) is 9.36. The van der Waals surface area contributed by atoms with Crippen LogP contribution in [0.2, 0.25) is 0 Å². The molecule has 2 aromatic rings. The van der Waals surface area contributed by atoms with Crippen LogP contribution in [0.25, 0.3) is 0 Å². The predicted octanol–water partition coefficient (Wildman–Crippen LogP) is 1.90. The van der Waals surface area contributed by atoms with Gasteiger partial charge in [-0.25, -0.2) is 0 Å². The number of aromatic nitrogens is 2. The summed E-state index contributed by atoms with van der Waals surface area (Å²) in [6.45, 7) is 4.16. The standard InChI is InChI=1S/C14H17N3O2/c1-2-15-8-13-16-14(17-19-13)11-7-10-5-3-4-6-12(10)18-9-11/h3-6,11,15H,2,7-9H2,1H3. The quantitative estimate of drug-likeness (QED) is 0.908. The maximum atomic E-state index is 5.74. The minimum atomic E-state index is 0.175. The largest absolute Gasteiger partial charge is 0.493 e. The van der Waals surface area contributed by atoms with Gasteiger partial charge in [-0.3, -0.25) is 0 Å². The molecular weight excluding hydrogens is 242 g/mol. The molecule has 0 radical (unpaired) electrons. The van der Waals surface area contributed by atoms with E-state index in [1.54, 1.807) is 0 Å². The summed E-state index contributed by atoms with van der Waals surface area (Å²) < 4.78 is 11.0. The van der Waals surface area contributed by atoms with Gasteiger partial charge in [0.2, 0.25) is 5.89 Å². The Hall–Kier alpha value is -1.88. The Bertz CT molecular complexity index is 553. The first kappa shape index (κ1) is 12.2.